The second-order valence-electron chi connectivity index (χ2n) is 5.73. The molecule has 5 nitrogen and oxygen atoms in total. The molecule has 1 saturated carbocycles. The molecule has 0 unspecified atom stereocenters. The minimum atomic E-state index is -0.324. The van der Waals surface area contributed by atoms with Crippen molar-refractivity contribution >= 4 is 5.91 Å². The Labute approximate surface area is 107 Å². The van der Waals surface area contributed by atoms with Crippen LogP contribution < -0.4 is 5.32 Å². The van der Waals surface area contributed by atoms with Crippen molar-refractivity contribution in [1.82, 2.24) is 15.5 Å². The Hall–Kier alpha value is -1.39. The third kappa shape index (κ3) is 2.89. The summed E-state index contributed by atoms with van der Waals surface area (Å²) in [6.07, 6.45) is 4.38. The van der Waals surface area contributed by atoms with Gasteiger partial charge < -0.3 is 9.84 Å². The quantitative estimate of drug-likeness (QED) is 0.888. The highest BCUT2D eigenvalue weighted by molar-refractivity contribution is 5.78. The lowest BCUT2D eigenvalue weighted by Crippen LogP contribution is -2.39. The topological polar surface area (TPSA) is 68.0 Å². The predicted octanol–water partition coefficient (Wildman–Crippen LogP) is 1.96. The first-order chi connectivity index (χ1) is 8.49. The molecule has 1 N–H and O–H groups in total. The summed E-state index contributed by atoms with van der Waals surface area (Å²) in [6.45, 7) is 6.31. The molecule has 0 bridgehead atoms. The zero-order valence-corrected chi connectivity index (χ0v) is 11.3. The molecule has 1 fully saturated rings. The van der Waals surface area contributed by atoms with Gasteiger partial charge in [-0.2, -0.15) is 4.98 Å². The predicted molar refractivity (Wildman–Crippen MR) is 67.0 cm³/mol. The van der Waals surface area contributed by atoms with E-state index in [0.717, 1.165) is 12.8 Å². The van der Waals surface area contributed by atoms with Crippen LogP contribution in [0.2, 0.25) is 0 Å². The Morgan fingerprint density at radius 1 is 1.44 bits per heavy atom. The summed E-state index contributed by atoms with van der Waals surface area (Å²) in [6, 6.07) is 0. The Morgan fingerprint density at radius 3 is 2.67 bits per heavy atom. The summed E-state index contributed by atoms with van der Waals surface area (Å²) < 4.78 is 5.17. The van der Waals surface area contributed by atoms with Gasteiger partial charge >= 0.3 is 0 Å². The Bertz CT molecular complexity index is 420. The lowest BCUT2D eigenvalue weighted by atomic mass is 9.93. The Kier molecular flexibility index (Phi) is 3.68. The average Bonchev–Trinajstić information content (AvgIpc) is 2.96. The third-order valence-corrected chi connectivity index (χ3v) is 3.54. The smallest absolute Gasteiger partial charge is 0.234 e. The number of carbonyl (C=O) groups excluding carboxylic acids is 1. The van der Waals surface area contributed by atoms with Crippen LogP contribution in [0.5, 0.6) is 0 Å². The van der Waals surface area contributed by atoms with E-state index in [4.69, 9.17) is 4.52 Å². The Morgan fingerprint density at radius 2 is 2.11 bits per heavy atom. The first-order valence-corrected chi connectivity index (χ1v) is 6.57. The lowest BCUT2D eigenvalue weighted by Gasteiger charge is -2.21. The van der Waals surface area contributed by atoms with E-state index >= 15 is 0 Å². The number of hydrogen-bond acceptors (Lipinski definition) is 4. The number of amides is 1. The van der Waals surface area contributed by atoms with Crippen molar-refractivity contribution < 1.29 is 9.32 Å². The van der Waals surface area contributed by atoms with Crippen molar-refractivity contribution in [1.29, 1.82) is 0 Å². The number of nitrogens with one attached hydrogen (secondary N) is 1. The van der Waals surface area contributed by atoms with Gasteiger partial charge in [-0.15, -0.1) is 0 Å². The molecule has 0 aliphatic heterocycles. The van der Waals surface area contributed by atoms with Crippen molar-refractivity contribution in [3.05, 3.63) is 11.7 Å². The van der Waals surface area contributed by atoms with Crippen LogP contribution in [-0.2, 0) is 10.2 Å². The maximum atomic E-state index is 12.0. The van der Waals surface area contributed by atoms with Gasteiger partial charge in [0.2, 0.25) is 11.8 Å². The average molecular weight is 251 g/mol. The van der Waals surface area contributed by atoms with Crippen LogP contribution in [0, 0.1) is 12.8 Å². The van der Waals surface area contributed by atoms with Crippen LogP contribution in [0.4, 0.5) is 0 Å². The number of hydrogen-bond donors (Lipinski definition) is 1. The molecule has 1 aromatic heterocycles. The van der Waals surface area contributed by atoms with Crippen LogP contribution in [0.3, 0.4) is 0 Å². The molecule has 0 atom stereocenters. The zero-order chi connectivity index (χ0) is 13.2. The van der Waals surface area contributed by atoms with Gasteiger partial charge in [0, 0.05) is 12.5 Å². The molecule has 0 saturated heterocycles. The van der Waals surface area contributed by atoms with Gasteiger partial charge in [-0.3, -0.25) is 4.79 Å². The van der Waals surface area contributed by atoms with Crippen LogP contribution in [0.15, 0.2) is 4.52 Å². The van der Waals surface area contributed by atoms with Gasteiger partial charge in [0.25, 0.3) is 0 Å². The molecule has 1 heterocycles. The van der Waals surface area contributed by atoms with Gasteiger partial charge in [0.15, 0.2) is 5.82 Å². The van der Waals surface area contributed by atoms with E-state index in [9.17, 15) is 4.79 Å². The van der Waals surface area contributed by atoms with E-state index in [1.165, 1.54) is 12.8 Å². The summed E-state index contributed by atoms with van der Waals surface area (Å²) in [5.74, 6) is 1.56. The summed E-state index contributed by atoms with van der Waals surface area (Å²) in [7, 11) is 0. The molecule has 2 rings (SSSR count). The number of aryl methyl sites for hydroxylation is 1. The summed E-state index contributed by atoms with van der Waals surface area (Å²) in [5, 5.41) is 6.79. The molecule has 1 amide bonds. The molecule has 5 heteroatoms. The highest BCUT2D eigenvalue weighted by Crippen LogP contribution is 2.25. The second-order valence-corrected chi connectivity index (χ2v) is 5.73. The summed E-state index contributed by atoms with van der Waals surface area (Å²) in [5.41, 5.74) is -0.324. The highest BCUT2D eigenvalue weighted by atomic mass is 16.5. The van der Waals surface area contributed by atoms with Gasteiger partial charge in [-0.05, 0) is 33.6 Å². The maximum Gasteiger partial charge on any atom is 0.234 e. The third-order valence-electron chi connectivity index (χ3n) is 3.54. The second kappa shape index (κ2) is 5.08. The SMILES string of the molecule is Cc1noc(C(C)(C)CNC(=O)C2CCCC2)n1. The highest BCUT2D eigenvalue weighted by Gasteiger charge is 2.30. The summed E-state index contributed by atoms with van der Waals surface area (Å²) >= 11 is 0. The van der Waals surface area contributed by atoms with Crippen LogP contribution in [0.1, 0.15) is 51.2 Å². The van der Waals surface area contributed by atoms with Gasteiger partial charge in [0.1, 0.15) is 0 Å². The molecule has 0 aromatic carbocycles. The molecule has 18 heavy (non-hydrogen) atoms. The standard InChI is InChI=1S/C13H21N3O2/c1-9-15-12(18-16-9)13(2,3)8-14-11(17)10-6-4-5-7-10/h10H,4-8H2,1-3H3,(H,14,17). The number of aromatic nitrogens is 2. The van der Waals surface area contributed by atoms with Crippen LogP contribution in [-0.4, -0.2) is 22.6 Å². The molecule has 1 aromatic rings. The first-order valence-electron chi connectivity index (χ1n) is 6.57. The van der Waals surface area contributed by atoms with Gasteiger partial charge in [0.05, 0.1) is 5.41 Å². The van der Waals surface area contributed by atoms with Crippen LogP contribution in [0.25, 0.3) is 0 Å². The number of nitrogens with zero attached hydrogens (tertiary/aromatic N) is 2. The van der Waals surface area contributed by atoms with E-state index in [1.54, 1.807) is 6.92 Å². The van der Waals surface area contributed by atoms with Gasteiger partial charge in [-0.25, -0.2) is 0 Å². The van der Waals surface area contributed by atoms with Crippen molar-refractivity contribution in [2.75, 3.05) is 6.54 Å². The molecular weight excluding hydrogens is 230 g/mol. The number of rotatable bonds is 4. The minimum Gasteiger partial charge on any atom is -0.355 e. The fourth-order valence-electron chi connectivity index (χ4n) is 2.29. The van der Waals surface area contributed by atoms with Crippen molar-refractivity contribution in [3.8, 4) is 0 Å². The Balaban J connectivity index is 1.90. The van der Waals surface area contributed by atoms with Gasteiger partial charge in [-0.1, -0.05) is 18.0 Å². The van der Waals surface area contributed by atoms with Crippen molar-refractivity contribution in [3.63, 3.8) is 0 Å². The molecule has 1 aliphatic rings. The van der Waals surface area contributed by atoms with E-state index in [-0.39, 0.29) is 17.2 Å². The molecule has 100 valence electrons. The first kappa shape index (κ1) is 13.1. The zero-order valence-electron chi connectivity index (χ0n) is 11.3. The molecule has 0 spiro atoms. The fourth-order valence-corrected chi connectivity index (χ4v) is 2.29. The normalized spacial score (nSPS) is 17.1. The van der Waals surface area contributed by atoms with Crippen molar-refractivity contribution in [2.24, 2.45) is 5.92 Å². The van der Waals surface area contributed by atoms with E-state index in [0.29, 0.717) is 18.3 Å². The largest absolute Gasteiger partial charge is 0.355 e. The molecule has 0 radical (unpaired) electrons. The molecule has 1 aliphatic carbocycles. The molecular formula is C13H21N3O2. The summed E-state index contributed by atoms with van der Waals surface area (Å²) in [4.78, 5) is 16.2. The lowest BCUT2D eigenvalue weighted by molar-refractivity contribution is -0.125. The van der Waals surface area contributed by atoms with Crippen molar-refractivity contribution in [2.45, 2.75) is 51.9 Å². The van der Waals surface area contributed by atoms with E-state index in [2.05, 4.69) is 15.5 Å². The number of carbonyl (C=O) groups is 1. The monoisotopic (exact) mass is 251 g/mol. The maximum absolute atomic E-state index is 12.0. The fraction of sp³-hybridized carbons (Fsp3) is 0.769. The van der Waals surface area contributed by atoms with E-state index < -0.39 is 0 Å². The van der Waals surface area contributed by atoms with E-state index in [1.807, 2.05) is 13.8 Å². The minimum absolute atomic E-state index is 0.164. The van der Waals surface area contributed by atoms with Crippen LogP contribution >= 0.6 is 0 Å².